The molecule has 8 heteroatoms. The SMILES string of the molecule is Cc1cc(OCC(=O)N(C)Cc2nc(C3CCCNC3)cc(N(C)C)n2)c2ccccc2n1. The summed E-state index contributed by atoms with van der Waals surface area (Å²) in [5, 5.41) is 4.34. The fourth-order valence-corrected chi connectivity index (χ4v) is 4.05. The number of amides is 1. The van der Waals surface area contributed by atoms with E-state index in [9.17, 15) is 4.79 Å². The predicted octanol–water partition coefficient (Wildman–Crippen LogP) is 2.90. The number of piperidine rings is 1. The molecule has 0 radical (unpaired) electrons. The van der Waals surface area contributed by atoms with E-state index in [1.54, 1.807) is 11.9 Å². The number of likely N-dealkylation sites (N-methyl/N-ethyl adjacent to an activating group) is 1. The Morgan fingerprint density at radius 2 is 1.97 bits per heavy atom. The van der Waals surface area contributed by atoms with Crippen LogP contribution in [-0.4, -0.2) is 66.6 Å². The van der Waals surface area contributed by atoms with Gasteiger partial charge >= 0.3 is 0 Å². The van der Waals surface area contributed by atoms with Crippen LogP contribution in [0.5, 0.6) is 5.75 Å². The first-order valence-corrected chi connectivity index (χ1v) is 11.4. The highest BCUT2D eigenvalue weighted by molar-refractivity contribution is 5.86. The lowest BCUT2D eigenvalue weighted by Crippen LogP contribution is -2.32. The smallest absolute Gasteiger partial charge is 0.260 e. The Hall–Kier alpha value is -3.26. The number of aromatic nitrogens is 3. The number of nitrogens with zero attached hydrogens (tertiary/aromatic N) is 5. The average Bonchev–Trinajstić information content (AvgIpc) is 2.82. The van der Waals surface area contributed by atoms with Crippen LogP contribution in [0.1, 0.15) is 36.0 Å². The quantitative estimate of drug-likeness (QED) is 0.595. The summed E-state index contributed by atoms with van der Waals surface area (Å²) in [7, 11) is 5.70. The molecule has 3 heterocycles. The molecule has 0 bridgehead atoms. The molecule has 1 aromatic carbocycles. The van der Waals surface area contributed by atoms with E-state index in [1.807, 2.05) is 56.3 Å². The number of carbonyl (C=O) groups excluding carboxylic acids is 1. The van der Waals surface area contributed by atoms with Crippen LogP contribution in [0.25, 0.3) is 10.9 Å². The molecule has 0 spiro atoms. The number of fused-ring (bicyclic) bond motifs is 1. The van der Waals surface area contributed by atoms with Crippen LogP contribution in [0.3, 0.4) is 0 Å². The van der Waals surface area contributed by atoms with E-state index in [1.165, 1.54) is 0 Å². The third-order valence-electron chi connectivity index (χ3n) is 5.91. The first-order valence-electron chi connectivity index (χ1n) is 11.4. The summed E-state index contributed by atoms with van der Waals surface area (Å²) in [5.41, 5.74) is 2.74. The van der Waals surface area contributed by atoms with Crippen LogP contribution in [0.15, 0.2) is 36.4 Å². The molecule has 1 unspecified atom stereocenters. The molecule has 1 fully saturated rings. The lowest BCUT2D eigenvalue weighted by atomic mass is 9.96. The van der Waals surface area contributed by atoms with E-state index >= 15 is 0 Å². The monoisotopic (exact) mass is 448 g/mol. The minimum atomic E-state index is -0.131. The van der Waals surface area contributed by atoms with Crippen LogP contribution >= 0.6 is 0 Å². The van der Waals surface area contributed by atoms with Gasteiger partial charge in [0.25, 0.3) is 5.91 Å². The number of rotatable bonds is 7. The number of hydrogen-bond donors (Lipinski definition) is 1. The predicted molar refractivity (Wildman–Crippen MR) is 130 cm³/mol. The molecule has 1 aliphatic rings. The van der Waals surface area contributed by atoms with Crippen molar-refractivity contribution in [3.8, 4) is 5.75 Å². The van der Waals surface area contributed by atoms with Gasteiger partial charge in [-0.15, -0.1) is 0 Å². The highest BCUT2D eigenvalue weighted by Crippen LogP contribution is 2.26. The zero-order chi connectivity index (χ0) is 23.4. The van der Waals surface area contributed by atoms with Crippen molar-refractivity contribution in [2.24, 2.45) is 0 Å². The molecule has 1 N–H and O–H groups in total. The highest BCUT2D eigenvalue weighted by atomic mass is 16.5. The molecule has 33 heavy (non-hydrogen) atoms. The summed E-state index contributed by atoms with van der Waals surface area (Å²) in [6.07, 6.45) is 2.25. The van der Waals surface area contributed by atoms with Crippen molar-refractivity contribution in [1.29, 1.82) is 0 Å². The Balaban J connectivity index is 1.46. The molecule has 1 amide bonds. The van der Waals surface area contributed by atoms with Gasteiger partial charge in [-0.2, -0.15) is 0 Å². The molecule has 3 aromatic rings. The Morgan fingerprint density at radius 1 is 1.15 bits per heavy atom. The fraction of sp³-hybridized carbons (Fsp3) is 0.440. The maximum Gasteiger partial charge on any atom is 0.260 e. The van der Waals surface area contributed by atoms with Crippen LogP contribution in [0.2, 0.25) is 0 Å². The van der Waals surface area contributed by atoms with Gasteiger partial charge in [-0.1, -0.05) is 12.1 Å². The van der Waals surface area contributed by atoms with Crippen molar-refractivity contribution < 1.29 is 9.53 Å². The third kappa shape index (κ3) is 5.57. The molecule has 0 saturated carbocycles. The number of para-hydroxylation sites is 1. The van der Waals surface area contributed by atoms with Crippen LogP contribution in [0.4, 0.5) is 5.82 Å². The first kappa shape index (κ1) is 22.9. The van der Waals surface area contributed by atoms with Gasteiger partial charge in [0, 0.05) is 56.8 Å². The van der Waals surface area contributed by atoms with Crippen LogP contribution < -0.4 is 15.0 Å². The molecule has 4 rings (SSSR count). The normalized spacial score (nSPS) is 15.9. The molecule has 2 aromatic heterocycles. The van der Waals surface area contributed by atoms with Gasteiger partial charge in [0.05, 0.1) is 17.8 Å². The number of pyridine rings is 1. The van der Waals surface area contributed by atoms with Crippen molar-refractivity contribution in [1.82, 2.24) is 25.2 Å². The number of ether oxygens (including phenoxy) is 1. The Labute approximate surface area is 195 Å². The standard InChI is InChI=1S/C25H32N6O2/c1-17-12-22(19-9-5-6-10-20(19)27-17)33-16-25(32)31(4)15-23-28-21(13-24(29-23)30(2)3)18-8-7-11-26-14-18/h5-6,9-10,12-13,18,26H,7-8,11,14-16H2,1-4H3. The van der Waals surface area contributed by atoms with Crippen molar-refractivity contribution in [2.45, 2.75) is 32.2 Å². The minimum absolute atomic E-state index is 0.0588. The zero-order valence-electron chi connectivity index (χ0n) is 19.8. The molecular weight excluding hydrogens is 416 g/mol. The van der Waals surface area contributed by atoms with Crippen LogP contribution in [0, 0.1) is 6.92 Å². The highest BCUT2D eigenvalue weighted by Gasteiger charge is 2.20. The Bertz CT molecular complexity index is 1130. The Kier molecular flexibility index (Phi) is 7.03. The minimum Gasteiger partial charge on any atom is -0.483 e. The van der Waals surface area contributed by atoms with E-state index in [4.69, 9.17) is 9.72 Å². The average molecular weight is 449 g/mol. The van der Waals surface area contributed by atoms with Gasteiger partial charge < -0.3 is 19.9 Å². The zero-order valence-corrected chi connectivity index (χ0v) is 19.8. The summed E-state index contributed by atoms with van der Waals surface area (Å²) in [5.74, 6) is 2.40. The van der Waals surface area contributed by atoms with Gasteiger partial charge in [0.2, 0.25) is 0 Å². The summed E-state index contributed by atoms with van der Waals surface area (Å²) in [4.78, 5) is 30.5. The van der Waals surface area contributed by atoms with E-state index in [0.29, 0.717) is 24.0 Å². The van der Waals surface area contributed by atoms with E-state index in [2.05, 4.69) is 21.4 Å². The van der Waals surface area contributed by atoms with Gasteiger partial charge in [0.15, 0.2) is 6.61 Å². The maximum atomic E-state index is 12.9. The van der Waals surface area contributed by atoms with Gasteiger partial charge in [-0.25, -0.2) is 9.97 Å². The van der Waals surface area contributed by atoms with Gasteiger partial charge in [-0.3, -0.25) is 9.78 Å². The second kappa shape index (κ2) is 10.1. The molecule has 1 aliphatic heterocycles. The fourth-order valence-electron chi connectivity index (χ4n) is 4.05. The van der Waals surface area contributed by atoms with E-state index in [-0.39, 0.29) is 12.5 Å². The van der Waals surface area contributed by atoms with Crippen molar-refractivity contribution in [3.05, 3.63) is 53.6 Å². The lowest BCUT2D eigenvalue weighted by Gasteiger charge is -2.24. The second-order valence-corrected chi connectivity index (χ2v) is 8.82. The number of carbonyl (C=O) groups is 1. The van der Waals surface area contributed by atoms with Crippen molar-refractivity contribution >= 4 is 22.6 Å². The Morgan fingerprint density at radius 3 is 2.73 bits per heavy atom. The largest absolute Gasteiger partial charge is 0.483 e. The lowest BCUT2D eigenvalue weighted by molar-refractivity contribution is -0.132. The van der Waals surface area contributed by atoms with Gasteiger partial charge in [0.1, 0.15) is 17.4 Å². The third-order valence-corrected chi connectivity index (χ3v) is 5.91. The number of aryl methyl sites for hydroxylation is 1. The maximum absolute atomic E-state index is 12.9. The number of anilines is 1. The second-order valence-electron chi connectivity index (χ2n) is 8.82. The van der Waals surface area contributed by atoms with E-state index < -0.39 is 0 Å². The molecule has 1 atom stereocenters. The molecule has 0 aliphatic carbocycles. The molecule has 1 saturated heterocycles. The number of hydrogen-bond acceptors (Lipinski definition) is 7. The van der Waals surface area contributed by atoms with Crippen LogP contribution in [-0.2, 0) is 11.3 Å². The first-order chi connectivity index (χ1) is 15.9. The summed E-state index contributed by atoms with van der Waals surface area (Å²) >= 11 is 0. The van der Waals surface area contributed by atoms with Gasteiger partial charge in [-0.05, 0) is 38.4 Å². The van der Waals surface area contributed by atoms with Crippen molar-refractivity contribution in [2.75, 3.05) is 45.7 Å². The summed E-state index contributed by atoms with van der Waals surface area (Å²) in [6.45, 7) is 4.16. The summed E-state index contributed by atoms with van der Waals surface area (Å²) < 4.78 is 5.91. The molecular formula is C25H32N6O2. The molecule has 8 nitrogen and oxygen atoms in total. The van der Waals surface area contributed by atoms with E-state index in [0.717, 1.165) is 54.0 Å². The molecule has 174 valence electrons. The number of nitrogens with one attached hydrogen (secondary N) is 1. The van der Waals surface area contributed by atoms with Crippen molar-refractivity contribution in [3.63, 3.8) is 0 Å². The topological polar surface area (TPSA) is 83.5 Å². The summed E-state index contributed by atoms with van der Waals surface area (Å²) in [6, 6.07) is 11.7. The number of benzene rings is 1.